The molecule has 1 aliphatic carbocycles. The smallest absolute Gasteiger partial charge is 0.280 e. The van der Waals surface area contributed by atoms with Crippen LogP contribution in [0.5, 0.6) is 0 Å². The molecule has 9 nitrogen and oxygen atoms in total. The van der Waals surface area contributed by atoms with Crippen molar-refractivity contribution in [1.29, 1.82) is 0 Å². The lowest BCUT2D eigenvalue weighted by Crippen LogP contribution is -2.56. The van der Waals surface area contributed by atoms with Gasteiger partial charge in [-0.2, -0.15) is 0 Å². The third-order valence-corrected chi connectivity index (χ3v) is 9.53. The second kappa shape index (κ2) is 12.2. The molecule has 41 heavy (non-hydrogen) atoms. The van der Waals surface area contributed by atoms with Crippen LogP contribution in [0, 0.1) is 5.92 Å². The monoisotopic (exact) mass is 622 g/mol. The van der Waals surface area contributed by atoms with Crippen molar-refractivity contribution in [2.75, 3.05) is 26.7 Å². The molecular weight excluding hydrogens is 590 g/mol. The lowest BCUT2D eigenvalue weighted by Gasteiger charge is -2.37. The Kier molecular flexibility index (Phi) is 8.89. The summed E-state index contributed by atoms with van der Waals surface area (Å²) >= 11 is 7.50. The summed E-state index contributed by atoms with van der Waals surface area (Å²) in [6, 6.07) is 6.24. The number of rotatable bonds is 5. The molecule has 220 valence electrons. The number of fused-ring (bicyclic) bond motifs is 2. The predicted octanol–water partition coefficient (Wildman–Crippen LogP) is 3.96. The van der Waals surface area contributed by atoms with Crippen LogP contribution in [0.15, 0.2) is 24.3 Å². The van der Waals surface area contributed by atoms with Gasteiger partial charge in [0.2, 0.25) is 5.91 Å². The molecule has 4 heterocycles. The standard InChI is InChI=1S/C28H32ClFN6O3S.ClH/c1-35-8-7-21-24(14-35)40-27(34-21)26(38)33-22-11-15(28(39)36-9-6-18(30)13-36)2-4-20(22)32-25(37)23-12-16-10-17(29)3-5-19(16)31-23;/h3,5,10,12,15,18,20,22,31H,2,4,6-9,11,13-14H2,1H3,(H,32,37)(H,33,38);1H/t15?,18-,20?,22?;/m0./s1. The van der Waals surface area contributed by atoms with Gasteiger partial charge in [-0.15, -0.1) is 23.7 Å². The lowest BCUT2D eigenvalue weighted by molar-refractivity contribution is -0.136. The van der Waals surface area contributed by atoms with Crippen molar-refractivity contribution in [3.8, 4) is 0 Å². The summed E-state index contributed by atoms with van der Waals surface area (Å²) in [6.07, 6.45) is 1.58. The Morgan fingerprint density at radius 1 is 1.10 bits per heavy atom. The molecule has 0 bridgehead atoms. The first-order chi connectivity index (χ1) is 19.2. The van der Waals surface area contributed by atoms with E-state index in [9.17, 15) is 18.8 Å². The zero-order chi connectivity index (χ0) is 28.0. The molecule has 3 unspecified atom stereocenters. The number of nitrogens with zero attached hydrogens (tertiary/aromatic N) is 3. The van der Waals surface area contributed by atoms with E-state index in [1.807, 2.05) is 13.1 Å². The van der Waals surface area contributed by atoms with Crippen LogP contribution in [0.3, 0.4) is 0 Å². The third-order valence-electron chi connectivity index (χ3n) is 8.22. The number of hydrogen-bond donors (Lipinski definition) is 3. The fraction of sp³-hybridized carbons (Fsp3) is 0.500. The maximum absolute atomic E-state index is 13.8. The van der Waals surface area contributed by atoms with Crippen molar-refractivity contribution in [2.24, 2.45) is 5.92 Å². The van der Waals surface area contributed by atoms with Gasteiger partial charge in [-0.05, 0) is 57.0 Å². The van der Waals surface area contributed by atoms with Gasteiger partial charge < -0.3 is 25.4 Å². The third kappa shape index (κ3) is 6.38. The molecule has 2 aliphatic heterocycles. The van der Waals surface area contributed by atoms with Crippen molar-refractivity contribution >= 4 is 64.0 Å². The number of aromatic nitrogens is 2. The van der Waals surface area contributed by atoms with Crippen LogP contribution in [0.1, 0.15) is 56.5 Å². The summed E-state index contributed by atoms with van der Waals surface area (Å²) < 4.78 is 13.8. The topological polar surface area (TPSA) is 110 Å². The molecule has 0 radical (unpaired) electrons. The SMILES string of the molecule is CN1CCc2nc(C(=O)NC3CC(C(=O)N4CC[C@H](F)C4)CCC3NC(=O)c3cc4cc(Cl)ccc4[nH]3)sc2C1.Cl. The van der Waals surface area contributed by atoms with Crippen molar-refractivity contribution in [3.05, 3.63) is 50.6 Å². The fourth-order valence-electron chi connectivity index (χ4n) is 6.03. The van der Waals surface area contributed by atoms with Crippen molar-refractivity contribution in [1.82, 2.24) is 30.4 Å². The van der Waals surface area contributed by atoms with E-state index >= 15 is 0 Å². The molecule has 1 saturated heterocycles. The number of likely N-dealkylation sites (tertiary alicyclic amines) is 1. The summed E-state index contributed by atoms with van der Waals surface area (Å²) in [4.78, 5) is 52.5. The number of amides is 3. The van der Waals surface area contributed by atoms with Gasteiger partial charge in [0, 0.05) is 58.8 Å². The molecule has 6 rings (SSSR count). The molecule has 1 saturated carbocycles. The fourth-order valence-corrected chi connectivity index (χ4v) is 7.30. The Hall–Kier alpha value is -2.73. The number of benzene rings is 1. The van der Waals surface area contributed by atoms with Crippen molar-refractivity contribution in [3.63, 3.8) is 0 Å². The molecular formula is C28H33Cl2FN6O3S. The van der Waals surface area contributed by atoms with E-state index in [2.05, 4.69) is 25.5 Å². The molecule has 3 N–H and O–H groups in total. The van der Waals surface area contributed by atoms with E-state index in [4.69, 9.17) is 11.6 Å². The highest BCUT2D eigenvalue weighted by molar-refractivity contribution is 7.13. The predicted molar refractivity (Wildman–Crippen MR) is 159 cm³/mol. The van der Waals surface area contributed by atoms with Gasteiger partial charge in [-0.3, -0.25) is 14.4 Å². The van der Waals surface area contributed by atoms with Gasteiger partial charge in [-0.1, -0.05) is 11.6 Å². The summed E-state index contributed by atoms with van der Waals surface area (Å²) in [5.74, 6) is -1.03. The minimum atomic E-state index is -0.990. The van der Waals surface area contributed by atoms with E-state index < -0.39 is 12.2 Å². The quantitative estimate of drug-likeness (QED) is 0.399. The largest absolute Gasteiger partial charge is 0.351 e. The second-order valence-electron chi connectivity index (χ2n) is 11.1. The number of likely N-dealkylation sites (N-methyl/N-ethyl adjacent to an activating group) is 1. The number of halogens is 3. The zero-order valence-corrected chi connectivity index (χ0v) is 25.0. The zero-order valence-electron chi connectivity index (χ0n) is 22.6. The Morgan fingerprint density at radius 3 is 2.68 bits per heavy atom. The maximum atomic E-state index is 13.8. The number of thiazole rings is 1. The molecule has 3 aromatic rings. The summed E-state index contributed by atoms with van der Waals surface area (Å²) in [7, 11) is 2.04. The minimum Gasteiger partial charge on any atom is -0.351 e. The Balaban J connectivity index is 0.00000337. The van der Waals surface area contributed by atoms with Crippen molar-refractivity contribution in [2.45, 2.75) is 56.9 Å². The highest BCUT2D eigenvalue weighted by atomic mass is 35.5. The van der Waals surface area contributed by atoms with Crippen LogP contribution < -0.4 is 10.6 Å². The lowest BCUT2D eigenvalue weighted by atomic mass is 9.81. The first-order valence-electron chi connectivity index (χ1n) is 13.7. The van der Waals surface area contributed by atoms with E-state index in [-0.39, 0.29) is 48.6 Å². The first kappa shape index (κ1) is 29.8. The number of carbonyl (C=O) groups excluding carboxylic acids is 3. The summed E-state index contributed by atoms with van der Waals surface area (Å²) in [6.45, 7) is 2.20. The highest BCUT2D eigenvalue weighted by Gasteiger charge is 2.39. The number of carbonyl (C=O) groups is 3. The average Bonchev–Trinajstić information content (AvgIpc) is 3.66. The van der Waals surface area contributed by atoms with Crippen LogP contribution in [0.25, 0.3) is 10.9 Å². The van der Waals surface area contributed by atoms with E-state index in [1.165, 1.54) is 11.3 Å². The van der Waals surface area contributed by atoms with Gasteiger partial charge >= 0.3 is 0 Å². The van der Waals surface area contributed by atoms with Crippen LogP contribution in [-0.2, 0) is 17.8 Å². The number of nitrogens with one attached hydrogen (secondary N) is 3. The number of alkyl halides is 1. The second-order valence-corrected chi connectivity index (χ2v) is 12.7. The Labute approximate surface area is 252 Å². The molecule has 1 aromatic carbocycles. The Bertz CT molecular complexity index is 1460. The van der Waals surface area contributed by atoms with Crippen LogP contribution in [0.4, 0.5) is 4.39 Å². The van der Waals surface area contributed by atoms with Gasteiger partial charge in [0.1, 0.15) is 11.9 Å². The minimum absolute atomic E-state index is 0. The van der Waals surface area contributed by atoms with Crippen LogP contribution in [0.2, 0.25) is 5.02 Å². The highest BCUT2D eigenvalue weighted by Crippen LogP contribution is 2.30. The molecule has 2 aromatic heterocycles. The molecule has 13 heteroatoms. The number of H-pyrrole nitrogens is 1. The number of aromatic amines is 1. The first-order valence-corrected chi connectivity index (χ1v) is 14.9. The normalized spacial score (nSPS) is 24.5. The molecule has 3 amide bonds. The van der Waals surface area contributed by atoms with E-state index in [0.717, 1.165) is 41.0 Å². The van der Waals surface area contributed by atoms with Gasteiger partial charge in [0.05, 0.1) is 18.3 Å². The van der Waals surface area contributed by atoms with Crippen LogP contribution >= 0.6 is 35.3 Å². The van der Waals surface area contributed by atoms with E-state index in [0.29, 0.717) is 48.0 Å². The van der Waals surface area contributed by atoms with Crippen LogP contribution in [-0.4, -0.2) is 82.4 Å². The molecule has 0 spiro atoms. The molecule has 4 atom stereocenters. The summed E-state index contributed by atoms with van der Waals surface area (Å²) in [5, 5.41) is 7.97. The van der Waals surface area contributed by atoms with Gasteiger partial charge in [0.15, 0.2) is 5.01 Å². The maximum Gasteiger partial charge on any atom is 0.280 e. The Morgan fingerprint density at radius 2 is 1.90 bits per heavy atom. The summed E-state index contributed by atoms with van der Waals surface area (Å²) in [5.41, 5.74) is 2.15. The molecule has 3 aliphatic rings. The van der Waals surface area contributed by atoms with Gasteiger partial charge in [0.25, 0.3) is 11.8 Å². The number of hydrogen-bond acceptors (Lipinski definition) is 6. The van der Waals surface area contributed by atoms with Gasteiger partial charge in [-0.25, -0.2) is 9.37 Å². The average molecular weight is 624 g/mol. The van der Waals surface area contributed by atoms with Crippen molar-refractivity contribution < 1.29 is 18.8 Å². The molecule has 2 fully saturated rings. The van der Waals surface area contributed by atoms with E-state index in [1.54, 1.807) is 23.1 Å².